The van der Waals surface area contributed by atoms with Gasteiger partial charge in [-0.05, 0) is 47.5 Å². The molecule has 1 aliphatic heterocycles. The number of rotatable bonds is 8. The fraction of sp³-hybridized carbons (Fsp3) is 0.296. The Kier molecular flexibility index (Phi) is 6.74. The van der Waals surface area contributed by atoms with Crippen molar-refractivity contribution in [2.75, 3.05) is 20.8 Å². The van der Waals surface area contributed by atoms with Crippen LogP contribution in [0.5, 0.6) is 11.5 Å². The molecule has 0 saturated carbocycles. The van der Waals surface area contributed by atoms with E-state index in [9.17, 15) is 4.79 Å². The minimum atomic E-state index is -0.216. The SMILES string of the molecule is COc1ccc(C2CC(=O)CC(c3ccc(OC)cc3)N2OCCc2nc3ncccc3[nH]2)cc1. The Morgan fingerprint density at radius 1 is 0.914 bits per heavy atom. The number of nitrogens with one attached hydrogen (secondary N) is 1. The number of hydroxylamine groups is 2. The third kappa shape index (κ3) is 5.03. The van der Waals surface area contributed by atoms with Gasteiger partial charge in [-0.1, -0.05) is 24.3 Å². The number of imidazole rings is 1. The molecule has 2 atom stereocenters. The fourth-order valence-electron chi connectivity index (χ4n) is 4.53. The van der Waals surface area contributed by atoms with Gasteiger partial charge in [0, 0.05) is 25.5 Å². The summed E-state index contributed by atoms with van der Waals surface area (Å²) in [5.41, 5.74) is 3.60. The predicted octanol–water partition coefficient (Wildman–Crippen LogP) is 4.60. The van der Waals surface area contributed by atoms with Crippen LogP contribution < -0.4 is 9.47 Å². The highest BCUT2D eigenvalue weighted by Gasteiger charge is 2.37. The Labute approximate surface area is 203 Å². The van der Waals surface area contributed by atoms with Crippen molar-refractivity contribution in [1.82, 2.24) is 20.0 Å². The Morgan fingerprint density at radius 3 is 2.06 bits per heavy atom. The number of benzene rings is 2. The first-order valence-corrected chi connectivity index (χ1v) is 11.6. The van der Waals surface area contributed by atoms with Crippen molar-refractivity contribution in [2.45, 2.75) is 31.3 Å². The first-order chi connectivity index (χ1) is 17.1. The first kappa shape index (κ1) is 23.0. The topological polar surface area (TPSA) is 89.6 Å². The Hall–Kier alpha value is -3.75. The van der Waals surface area contributed by atoms with Crippen LogP contribution in [0.3, 0.4) is 0 Å². The van der Waals surface area contributed by atoms with Crippen molar-refractivity contribution in [3.8, 4) is 11.5 Å². The van der Waals surface area contributed by atoms with Crippen LogP contribution in [0.15, 0.2) is 66.9 Å². The van der Waals surface area contributed by atoms with E-state index < -0.39 is 0 Å². The van der Waals surface area contributed by atoms with Crippen LogP contribution in [0.25, 0.3) is 11.2 Å². The number of pyridine rings is 1. The van der Waals surface area contributed by atoms with Gasteiger partial charge in [0.05, 0.1) is 38.4 Å². The third-order valence-corrected chi connectivity index (χ3v) is 6.34. The van der Waals surface area contributed by atoms with E-state index in [4.69, 9.17) is 14.3 Å². The van der Waals surface area contributed by atoms with Crippen molar-refractivity contribution in [1.29, 1.82) is 0 Å². The molecule has 2 unspecified atom stereocenters. The molecule has 0 radical (unpaired) electrons. The molecule has 1 aliphatic rings. The Balaban J connectivity index is 1.41. The third-order valence-electron chi connectivity index (χ3n) is 6.34. The zero-order chi connectivity index (χ0) is 24.2. The highest BCUT2D eigenvalue weighted by Crippen LogP contribution is 2.41. The van der Waals surface area contributed by atoms with Gasteiger partial charge in [-0.15, -0.1) is 0 Å². The lowest BCUT2D eigenvalue weighted by Crippen LogP contribution is -2.40. The summed E-state index contributed by atoms with van der Waals surface area (Å²) in [6, 6.07) is 19.0. The summed E-state index contributed by atoms with van der Waals surface area (Å²) in [6.07, 6.45) is 3.08. The number of fused-ring (bicyclic) bond motifs is 1. The number of ketones is 1. The molecular formula is C27H28N4O4. The number of Topliss-reactive ketones (excluding diaryl/α,β-unsaturated/α-hetero) is 1. The number of carbonyl (C=O) groups is 1. The van der Waals surface area contributed by atoms with Crippen molar-refractivity contribution < 1.29 is 19.1 Å². The largest absolute Gasteiger partial charge is 0.497 e. The Bertz CT molecular complexity index is 1190. The summed E-state index contributed by atoms with van der Waals surface area (Å²) in [6.45, 7) is 0.410. The molecule has 3 heterocycles. The molecule has 8 heteroatoms. The molecule has 1 N–H and O–H groups in total. The smallest absolute Gasteiger partial charge is 0.177 e. The van der Waals surface area contributed by atoms with Crippen molar-refractivity contribution in [3.05, 3.63) is 83.8 Å². The summed E-state index contributed by atoms with van der Waals surface area (Å²) < 4.78 is 10.6. The van der Waals surface area contributed by atoms with E-state index in [-0.39, 0.29) is 17.9 Å². The monoisotopic (exact) mass is 472 g/mol. The molecular weight excluding hydrogens is 444 g/mol. The molecule has 8 nitrogen and oxygen atoms in total. The molecule has 0 bridgehead atoms. The van der Waals surface area contributed by atoms with Gasteiger partial charge in [0.2, 0.25) is 0 Å². The van der Waals surface area contributed by atoms with Crippen molar-refractivity contribution in [3.63, 3.8) is 0 Å². The van der Waals surface area contributed by atoms with Crippen LogP contribution in [0.4, 0.5) is 0 Å². The summed E-state index contributed by atoms with van der Waals surface area (Å²) in [5.74, 6) is 2.56. The second-order valence-electron chi connectivity index (χ2n) is 8.53. The van der Waals surface area contributed by atoms with Gasteiger partial charge in [-0.3, -0.25) is 9.63 Å². The molecule has 5 rings (SSSR count). The highest BCUT2D eigenvalue weighted by atomic mass is 16.7. The number of methoxy groups -OCH3 is 2. The standard InChI is InChI=1S/C27H28N4O4/c1-33-21-9-5-18(6-10-21)24-16-20(32)17-25(19-7-11-22(34-2)12-8-19)31(24)35-15-13-26-29-23-4-3-14-28-27(23)30-26/h3-12,14,24-25H,13,15-17H2,1-2H3,(H,28,29,30). The van der Waals surface area contributed by atoms with Crippen LogP contribution in [0.2, 0.25) is 0 Å². The van der Waals surface area contributed by atoms with E-state index in [1.165, 1.54) is 0 Å². The normalized spacial score (nSPS) is 18.6. The summed E-state index contributed by atoms with van der Waals surface area (Å²) in [4.78, 5) is 31.4. The second-order valence-corrected chi connectivity index (χ2v) is 8.53. The lowest BCUT2D eigenvalue weighted by Gasteiger charge is -2.40. The van der Waals surface area contributed by atoms with E-state index in [1.807, 2.05) is 65.7 Å². The van der Waals surface area contributed by atoms with Gasteiger partial charge in [0.1, 0.15) is 23.1 Å². The molecule has 35 heavy (non-hydrogen) atoms. The number of hydrogen-bond acceptors (Lipinski definition) is 7. The lowest BCUT2D eigenvalue weighted by molar-refractivity contribution is -0.228. The van der Waals surface area contributed by atoms with E-state index in [0.717, 1.165) is 34.0 Å². The van der Waals surface area contributed by atoms with Gasteiger partial charge < -0.3 is 14.5 Å². The summed E-state index contributed by atoms with van der Waals surface area (Å²) >= 11 is 0. The first-order valence-electron chi connectivity index (χ1n) is 11.6. The molecule has 4 aromatic rings. The number of aromatic nitrogens is 3. The van der Waals surface area contributed by atoms with E-state index in [0.29, 0.717) is 31.5 Å². The maximum Gasteiger partial charge on any atom is 0.177 e. The van der Waals surface area contributed by atoms with Crippen molar-refractivity contribution in [2.24, 2.45) is 0 Å². The summed E-state index contributed by atoms with van der Waals surface area (Å²) in [7, 11) is 3.28. The number of H-pyrrole nitrogens is 1. The van der Waals surface area contributed by atoms with Crippen LogP contribution in [0, 0.1) is 0 Å². The molecule has 0 amide bonds. The Morgan fingerprint density at radius 2 is 1.51 bits per heavy atom. The molecule has 0 spiro atoms. The number of piperidine rings is 1. The number of aromatic amines is 1. The van der Waals surface area contributed by atoms with Gasteiger partial charge in [-0.25, -0.2) is 9.97 Å². The van der Waals surface area contributed by atoms with E-state index >= 15 is 0 Å². The minimum absolute atomic E-state index is 0.204. The number of nitrogens with zero attached hydrogens (tertiary/aromatic N) is 3. The lowest BCUT2D eigenvalue weighted by atomic mass is 9.88. The van der Waals surface area contributed by atoms with E-state index in [2.05, 4.69) is 15.0 Å². The van der Waals surface area contributed by atoms with Gasteiger partial charge >= 0.3 is 0 Å². The fourth-order valence-corrected chi connectivity index (χ4v) is 4.53. The highest BCUT2D eigenvalue weighted by molar-refractivity contribution is 5.81. The van der Waals surface area contributed by atoms with E-state index in [1.54, 1.807) is 20.4 Å². The number of hydrogen-bond donors (Lipinski definition) is 1. The van der Waals surface area contributed by atoms with Crippen LogP contribution >= 0.6 is 0 Å². The molecule has 1 fully saturated rings. The van der Waals surface area contributed by atoms with Crippen LogP contribution in [0.1, 0.15) is 41.9 Å². The average Bonchev–Trinajstić information content (AvgIpc) is 3.32. The number of carbonyl (C=O) groups excluding carboxylic acids is 1. The van der Waals surface area contributed by atoms with Crippen LogP contribution in [-0.4, -0.2) is 46.6 Å². The molecule has 2 aromatic heterocycles. The average molecular weight is 473 g/mol. The van der Waals surface area contributed by atoms with Crippen LogP contribution in [-0.2, 0) is 16.1 Å². The quantitative estimate of drug-likeness (QED) is 0.401. The number of ether oxygens (including phenoxy) is 2. The molecule has 2 aromatic carbocycles. The minimum Gasteiger partial charge on any atom is -0.497 e. The molecule has 1 saturated heterocycles. The maximum absolute atomic E-state index is 12.9. The van der Waals surface area contributed by atoms with Crippen molar-refractivity contribution >= 4 is 16.9 Å². The second kappa shape index (κ2) is 10.2. The predicted molar refractivity (Wildman–Crippen MR) is 131 cm³/mol. The molecule has 180 valence electrons. The summed E-state index contributed by atoms with van der Waals surface area (Å²) in [5, 5.41) is 1.98. The zero-order valence-electron chi connectivity index (χ0n) is 19.8. The molecule has 0 aliphatic carbocycles. The van der Waals surface area contributed by atoms with Gasteiger partial charge in [-0.2, -0.15) is 5.06 Å². The zero-order valence-corrected chi connectivity index (χ0v) is 19.8. The maximum atomic E-state index is 12.9. The van der Waals surface area contributed by atoms with Gasteiger partial charge in [0.15, 0.2) is 5.65 Å². The van der Waals surface area contributed by atoms with Gasteiger partial charge in [0.25, 0.3) is 0 Å².